The molecule has 8 heteroatoms. The summed E-state index contributed by atoms with van der Waals surface area (Å²) in [6.07, 6.45) is 6.40. The van der Waals surface area contributed by atoms with Crippen LogP contribution in [-0.2, 0) is 13.6 Å². The monoisotopic (exact) mass is 390 g/mol. The van der Waals surface area contributed by atoms with E-state index < -0.39 is 5.82 Å². The molecule has 28 heavy (non-hydrogen) atoms. The number of fused-ring (bicyclic) bond motifs is 2. The third-order valence-electron chi connectivity index (χ3n) is 5.46. The Hall–Kier alpha value is -2.92. The number of benzene rings is 1. The number of anilines is 1. The van der Waals surface area contributed by atoms with Gasteiger partial charge in [-0.15, -0.1) is 11.3 Å². The lowest BCUT2D eigenvalue weighted by Gasteiger charge is -2.17. The van der Waals surface area contributed by atoms with Crippen LogP contribution in [0.1, 0.15) is 26.5 Å². The van der Waals surface area contributed by atoms with E-state index in [9.17, 15) is 9.18 Å². The molecule has 1 amide bonds. The number of carbonyl (C=O) groups is 1. The summed E-state index contributed by atoms with van der Waals surface area (Å²) in [6, 6.07) is 5.28. The lowest BCUT2D eigenvalue weighted by atomic mass is 9.44. The average molecular weight is 390 g/mol. The molecule has 2 aliphatic heterocycles. The highest BCUT2D eigenvalue weighted by molar-refractivity contribution is 7.15. The number of allylic oxidation sites excluding steroid dienone is 2. The normalized spacial score (nSPS) is 16.5. The van der Waals surface area contributed by atoms with E-state index in [0.717, 1.165) is 34.4 Å². The van der Waals surface area contributed by atoms with E-state index in [1.165, 1.54) is 23.0 Å². The van der Waals surface area contributed by atoms with Crippen molar-refractivity contribution in [2.24, 2.45) is 7.05 Å². The molecular formula is C20H16BFN4OS. The van der Waals surface area contributed by atoms with Gasteiger partial charge in [-0.25, -0.2) is 9.65 Å². The lowest BCUT2D eigenvalue weighted by molar-refractivity contribution is 0.1000. The van der Waals surface area contributed by atoms with E-state index in [2.05, 4.69) is 23.2 Å². The molecule has 0 radical (unpaired) electrons. The summed E-state index contributed by atoms with van der Waals surface area (Å²) in [5, 5.41) is 13.8. The molecule has 138 valence electrons. The third-order valence-corrected chi connectivity index (χ3v) is 6.70. The number of nitriles is 1. The average Bonchev–Trinajstić information content (AvgIpc) is 3.36. The largest absolute Gasteiger partial charge is 0.303 e. The number of carbonyl (C=O) groups excluding carboxylic acids is 1. The molecule has 0 fully saturated rings. The predicted octanol–water partition coefficient (Wildman–Crippen LogP) is 4.28. The highest BCUT2D eigenvalue weighted by Crippen LogP contribution is 2.40. The number of thiophene rings is 1. The zero-order valence-electron chi connectivity index (χ0n) is 15.3. The number of halogens is 1. The van der Waals surface area contributed by atoms with Gasteiger partial charge in [0.15, 0.2) is 5.82 Å². The van der Waals surface area contributed by atoms with Crippen molar-refractivity contribution < 1.29 is 9.18 Å². The van der Waals surface area contributed by atoms with Gasteiger partial charge in [-0.3, -0.25) is 9.48 Å². The molecular weight excluding hydrogens is 374 g/mol. The van der Waals surface area contributed by atoms with Crippen LogP contribution >= 0.6 is 11.3 Å². The Morgan fingerprint density at radius 2 is 2.21 bits per heavy atom. The van der Waals surface area contributed by atoms with Crippen molar-refractivity contribution >= 4 is 46.1 Å². The van der Waals surface area contributed by atoms with Gasteiger partial charge < -0.3 is 4.90 Å². The molecule has 0 saturated heterocycles. The second-order valence-corrected chi connectivity index (χ2v) is 8.41. The van der Waals surface area contributed by atoms with Gasteiger partial charge >= 0.3 is 0 Å². The molecule has 0 bridgehead atoms. The first kappa shape index (κ1) is 17.2. The molecule has 5 rings (SSSR count). The van der Waals surface area contributed by atoms with Gasteiger partial charge in [0.25, 0.3) is 12.6 Å². The Kier molecular flexibility index (Phi) is 3.88. The van der Waals surface area contributed by atoms with Gasteiger partial charge in [0.1, 0.15) is 5.52 Å². The second kappa shape index (κ2) is 6.31. The van der Waals surface area contributed by atoms with E-state index in [0.29, 0.717) is 23.1 Å². The SMILES string of the molecule is Cn1cc2cc(N3Cc4cc(C5=CCB(C#N)CC5)sc4C3=O)cc(F)c2n1. The van der Waals surface area contributed by atoms with Crippen molar-refractivity contribution in [3.63, 3.8) is 0 Å². The number of amides is 1. The van der Waals surface area contributed by atoms with Crippen LogP contribution in [0.2, 0.25) is 12.6 Å². The van der Waals surface area contributed by atoms with E-state index in [-0.39, 0.29) is 12.6 Å². The summed E-state index contributed by atoms with van der Waals surface area (Å²) < 4.78 is 16.0. The fourth-order valence-electron chi connectivity index (χ4n) is 3.99. The maximum absolute atomic E-state index is 14.4. The van der Waals surface area contributed by atoms with Crippen LogP contribution in [-0.4, -0.2) is 22.4 Å². The lowest BCUT2D eigenvalue weighted by Crippen LogP contribution is -2.23. The fraction of sp³-hybridized carbons (Fsp3) is 0.250. The zero-order chi connectivity index (χ0) is 19.4. The van der Waals surface area contributed by atoms with Crippen LogP contribution in [0.3, 0.4) is 0 Å². The van der Waals surface area contributed by atoms with Crippen LogP contribution in [0, 0.1) is 17.0 Å². The first-order chi connectivity index (χ1) is 13.5. The van der Waals surface area contributed by atoms with Gasteiger partial charge in [0.05, 0.1) is 11.4 Å². The first-order valence-electron chi connectivity index (χ1n) is 9.20. The number of hydrogen-bond donors (Lipinski definition) is 0. The Balaban J connectivity index is 1.44. The fourth-order valence-corrected chi connectivity index (χ4v) is 5.18. The molecule has 3 aromatic rings. The van der Waals surface area contributed by atoms with Gasteiger partial charge in [0, 0.05) is 35.2 Å². The van der Waals surface area contributed by atoms with Crippen LogP contribution < -0.4 is 4.90 Å². The summed E-state index contributed by atoms with van der Waals surface area (Å²) in [6.45, 7) is 0.550. The predicted molar refractivity (Wildman–Crippen MR) is 109 cm³/mol. The molecule has 1 aromatic carbocycles. The van der Waals surface area contributed by atoms with Crippen LogP contribution in [0.25, 0.3) is 16.5 Å². The minimum Gasteiger partial charge on any atom is -0.303 e. The van der Waals surface area contributed by atoms with Gasteiger partial charge in [-0.05, 0) is 42.1 Å². The molecule has 0 spiro atoms. The van der Waals surface area contributed by atoms with Crippen molar-refractivity contribution in [2.75, 3.05) is 4.90 Å². The molecule has 0 aliphatic carbocycles. The quantitative estimate of drug-likeness (QED) is 0.614. The number of hydrogen-bond acceptors (Lipinski definition) is 4. The smallest absolute Gasteiger partial charge is 0.271 e. The van der Waals surface area contributed by atoms with Crippen LogP contribution in [0.5, 0.6) is 0 Å². The first-order valence-corrected chi connectivity index (χ1v) is 10.0. The van der Waals surface area contributed by atoms with Crippen molar-refractivity contribution in [1.29, 1.82) is 5.26 Å². The summed E-state index contributed by atoms with van der Waals surface area (Å²) >= 11 is 1.50. The highest BCUT2D eigenvalue weighted by Gasteiger charge is 2.32. The van der Waals surface area contributed by atoms with Crippen molar-refractivity contribution in [1.82, 2.24) is 9.78 Å². The minimum absolute atomic E-state index is 0.0831. The summed E-state index contributed by atoms with van der Waals surface area (Å²) in [5.41, 5.74) is 3.09. The van der Waals surface area contributed by atoms with Gasteiger partial charge in [-0.2, -0.15) is 5.10 Å². The molecule has 0 N–H and O–H groups in total. The minimum atomic E-state index is -0.420. The molecule has 5 nitrogen and oxygen atoms in total. The van der Waals surface area contributed by atoms with E-state index in [1.807, 2.05) is 6.07 Å². The van der Waals surface area contributed by atoms with E-state index in [4.69, 9.17) is 5.26 Å². The number of rotatable bonds is 2. The van der Waals surface area contributed by atoms with E-state index in [1.54, 1.807) is 22.8 Å². The molecule has 2 aliphatic rings. The van der Waals surface area contributed by atoms with Crippen molar-refractivity contribution in [3.8, 4) is 5.97 Å². The number of nitrogens with zero attached hydrogens (tertiary/aromatic N) is 4. The maximum Gasteiger partial charge on any atom is 0.271 e. The molecule has 2 aromatic heterocycles. The standard InChI is InChI=1S/C20H16BFN4OS/c1-25-9-13-6-15(8-16(22)18(13)24-25)26-10-14-7-17(28-19(14)20(26)27)12-2-4-21(11-23)5-3-12/h2,6-9H,3-5,10H2,1H3. The van der Waals surface area contributed by atoms with Crippen molar-refractivity contribution in [2.45, 2.75) is 25.6 Å². The Labute approximate surface area is 165 Å². The maximum atomic E-state index is 14.4. The second-order valence-electron chi connectivity index (χ2n) is 7.35. The number of aromatic nitrogens is 2. The molecule has 4 heterocycles. The highest BCUT2D eigenvalue weighted by atomic mass is 32.1. The third kappa shape index (κ3) is 2.66. The topological polar surface area (TPSA) is 61.9 Å². The summed E-state index contributed by atoms with van der Waals surface area (Å²) in [5.74, 6) is 1.82. The molecule has 0 atom stereocenters. The van der Waals surface area contributed by atoms with Gasteiger partial charge in [-0.1, -0.05) is 12.4 Å². The zero-order valence-corrected chi connectivity index (χ0v) is 16.1. The van der Waals surface area contributed by atoms with Crippen LogP contribution in [0.4, 0.5) is 10.1 Å². The van der Waals surface area contributed by atoms with E-state index >= 15 is 0 Å². The molecule has 0 saturated carbocycles. The number of aryl methyl sites for hydroxylation is 1. The van der Waals surface area contributed by atoms with Gasteiger partial charge in [0.2, 0.25) is 0 Å². The summed E-state index contributed by atoms with van der Waals surface area (Å²) in [7, 11) is 1.75. The Morgan fingerprint density at radius 1 is 1.36 bits per heavy atom. The van der Waals surface area contributed by atoms with Crippen molar-refractivity contribution in [3.05, 3.63) is 51.6 Å². The summed E-state index contributed by atoms with van der Waals surface area (Å²) in [4.78, 5) is 16.4. The van der Waals surface area contributed by atoms with Crippen LogP contribution in [0.15, 0.2) is 30.5 Å². The Bertz CT molecular complexity index is 1200. The Morgan fingerprint density at radius 3 is 2.93 bits per heavy atom. The molecule has 0 unspecified atom stereocenters.